The fourth-order valence-corrected chi connectivity index (χ4v) is 2.93. The lowest BCUT2D eigenvalue weighted by Crippen LogP contribution is -2.64. The van der Waals surface area contributed by atoms with Gasteiger partial charge in [-0.15, -0.1) is 6.58 Å². The minimum atomic E-state index is -0.516. The minimum Gasteiger partial charge on any atom is -0.333 e. The van der Waals surface area contributed by atoms with E-state index in [0.717, 1.165) is 5.56 Å². The second kappa shape index (κ2) is 6.35. The van der Waals surface area contributed by atoms with Crippen molar-refractivity contribution in [3.8, 4) is 0 Å². The van der Waals surface area contributed by atoms with E-state index in [2.05, 4.69) is 22.2 Å². The number of urea groups is 1. The molecule has 2 saturated heterocycles. The van der Waals surface area contributed by atoms with Crippen molar-refractivity contribution in [1.82, 2.24) is 20.4 Å². The van der Waals surface area contributed by atoms with E-state index >= 15 is 0 Å². The summed E-state index contributed by atoms with van der Waals surface area (Å²) < 4.78 is 0. The van der Waals surface area contributed by atoms with E-state index in [4.69, 9.17) is 0 Å². The number of nitrogens with one attached hydrogen (secondary N) is 2. The Morgan fingerprint density at radius 1 is 1.29 bits per heavy atom. The maximum absolute atomic E-state index is 12.4. The van der Waals surface area contributed by atoms with Crippen LogP contribution >= 0.6 is 0 Å². The van der Waals surface area contributed by atoms with Gasteiger partial charge in [0.2, 0.25) is 0 Å². The van der Waals surface area contributed by atoms with E-state index in [1.165, 1.54) is 10.5 Å². The number of carbonyl (C=O) groups excluding carboxylic acids is 2. The lowest BCUT2D eigenvalue weighted by Gasteiger charge is -2.35. The van der Waals surface area contributed by atoms with Gasteiger partial charge in [-0.1, -0.05) is 35.9 Å². The Hall–Kier alpha value is -2.83. The summed E-state index contributed by atoms with van der Waals surface area (Å²) in [7, 11) is 1.66. The number of fused-ring (bicyclic) bond motifs is 1. The molecule has 0 radical (unpaired) electrons. The topological polar surface area (TPSA) is 77.0 Å². The standard InChI is InChI=1S/C17H21N5O2/c1-4-9-18-16-19-14-13(15(23)20-17(24)21(14)3)22(16)10-12-7-5-11(2)6-8-12/h4-8,13-14H,1,9-10H2,2-3H3,(H,18,19)(H,20,23,24). The average molecular weight is 327 g/mol. The quantitative estimate of drug-likeness (QED) is 0.803. The Bertz CT molecular complexity index is 697. The van der Waals surface area contributed by atoms with Crippen LogP contribution in [0, 0.1) is 6.92 Å². The zero-order chi connectivity index (χ0) is 17.3. The molecule has 2 unspecified atom stereocenters. The molecule has 1 aromatic carbocycles. The van der Waals surface area contributed by atoms with Gasteiger partial charge in [0, 0.05) is 13.6 Å². The summed E-state index contributed by atoms with van der Waals surface area (Å²) >= 11 is 0. The molecule has 0 saturated carbocycles. The summed E-state index contributed by atoms with van der Waals surface area (Å²) in [6.07, 6.45) is 1.26. The summed E-state index contributed by atoms with van der Waals surface area (Å²) in [4.78, 5) is 32.1. The van der Waals surface area contributed by atoms with Gasteiger partial charge in [-0.3, -0.25) is 10.1 Å². The van der Waals surface area contributed by atoms with Gasteiger partial charge in [-0.05, 0) is 12.5 Å². The molecular weight excluding hydrogens is 306 g/mol. The summed E-state index contributed by atoms with van der Waals surface area (Å²) in [6.45, 7) is 6.67. The third kappa shape index (κ3) is 2.84. The number of benzene rings is 1. The summed E-state index contributed by atoms with van der Waals surface area (Å²) in [5.74, 6) is 0.286. The Balaban J connectivity index is 1.92. The van der Waals surface area contributed by atoms with E-state index in [0.29, 0.717) is 19.0 Å². The number of amides is 3. The van der Waals surface area contributed by atoms with Gasteiger partial charge in [-0.2, -0.15) is 0 Å². The zero-order valence-electron chi connectivity index (χ0n) is 13.8. The molecule has 2 aliphatic rings. The highest BCUT2D eigenvalue weighted by molar-refractivity contribution is 6.04. The second-order valence-electron chi connectivity index (χ2n) is 6.01. The van der Waals surface area contributed by atoms with Gasteiger partial charge in [0.05, 0.1) is 6.54 Å². The van der Waals surface area contributed by atoms with Crippen LogP contribution < -0.4 is 10.6 Å². The number of aryl methyl sites for hydroxylation is 1. The summed E-state index contributed by atoms with van der Waals surface area (Å²) in [5, 5.41) is 5.59. The zero-order valence-corrected chi connectivity index (χ0v) is 13.8. The van der Waals surface area contributed by atoms with Crippen LogP contribution in [0.25, 0.3) is 0 Å². The van der Waals surface area contributed by atoms with Crippen LogP contribution in [0.2, 0.25) is 0 Å². The molecule has 7 heteroatoms. The number of nitrogens with zero attached hydrogens (tertiary/aromatic N) is 3. The van der Waals surface area contributed by atoms with Crippen molar-refractivity contribution < 1.29 is 9.59 Å². The molecule has 2 atom stereocenters. The number of carbonyl (C=O) groups is 2. The Labute approximate surface area is 141 Å². The molecule has 3 amide bonds. The lowest BCUT2D eigenvalue weighted by molar-refractivity contribution is -0.127. The monoisotopic (exact) mass is 327 g/mol. The van der Waals surface area contributed by atoms with E-state index in [1.54, 1.807) is 13.1 Å². The molecule has 3 rings (SSSR count). The predicted molar refractivity (Wildman–Crippen MR) is 91.2 cm³/mol. The molecule has 24 heavy (non-hydrogen) atoms. The number of likely N-dealkylation sites (N-methyl/N-ethyl adjacent to an activating group) is 1. The van der Waals surface area contributed by atoms with Gasteiger partial charge >= 0.3 is 6.03 Å². The van der Waals surface area contributed by atoms with Gasteiger partial charge < -0.3 is 15.1 Å². The molecule has 0 spiro atoms. The van der Waals surface area contributed by atoms with Crippen LogP contribution in [-0.4, -0.2) is 53.5 Å². The highest BCUT2D eigenvalue weighted by Gasteiger charge is 2.49. The van der Waals surface area contributed by atoms with E-state index in [9.17, 15) is 9.59 Å². The summed E-state index contributed by atoms with van der Waals surface area (Å²) in [5.41, 5.74) is 2.25. The fraction of sp³-hybridized carbons (Fsp3) is 0.353. The minimum absolute atomic E-state index is 0.313. The number of imide groups is 1. The van der Waals surface area contributed by atoms with Crippen molar-refractivity contribution in [2.75, 3.05) is 13.6 Å². The Morgan fingerprint density at radius 3 is 2.67 bits per heavy atom. The maximum Gasteiger partial charge on any atom is 0.325 e. The number of hydrogen-bond donors (Lipinski definition) is 2. The molecule has 2 fully saturated rings. The van der Waals surface area contributed by atoms with E-state index in [1.807, 2.05) is 36.1 Å². The molecule has 2 aliphatic heterocycles. The molecule has 2 heterocycles. The smallest absolute Gasteiger partial charge is 0.325 e. The average Bonchev–Trinajstić information content (AvgIpc) is 2.92. The molecule has 1 aromatic rings. The second-order valence-corrected chi connectivity index (χ2v) is 6.01. The van der Waals surface area contributed by atoms with Crippen molar-refractivity contribution in [3.63, 3.8) is 0 Å². The lowest BCUT2D eigenvalue weighted by atomic mass is 10.1. The molecule has 126 valence electrons. The number of hydrogen-bond acceptors (Lipinski definition) is 3. The first-order valence-electron chi connectivity index (χ1n) is 7.83. The molecule has 7 nitrogen and oxygen atoms in total. The van der Waals surface area contributed by atoms with Crippen molar-refractivity contribution in [2.45, 2.75) is 25.7 Å². The number of aliphatic imine (C=N–C) groups is 1. The third-order valence-electron chi connectivity index (χ3n) is 4.26. The van der Waals surface area contributed by atoms with Crippen LogP contribution in [0.4, 0.5) is 4.79 Å². The third-order valence-corrected chi connectivity index (χ3v) is 4.26. The Morgan fingerprint density at radius 2 is 2.00 bits per heavy atom. The predicted octanol–water partition coefficient (Wildman–Crippen LogP) is 0.819. The van der Waals surface area contributed by atoms with Crippen LogP contribution in [0.3, 0.4) is 0 Å². The molecule has 0 aliphatic carbocycles. The SMILES string of the molecule is C=CCN=C1NC2C(C(=O)NC(=O)N2C)N1Cc1ccc(C)cc1. The molecule has 0 bridgehead atoms. The van der Waals surface area contributed by atoms with Crippen LogP contribution in [-0.2, 0) is 11.3 Å². The molecular formula is C17H21N5O2. The highest BCUT2D eigenvalue weighted by atomic mass is 16.2. The van der Waals surface area contributed by atoms with Crippen molar-refractivity contribution >= 4 is 17.9 Å². The van der Waals surface area contributed by atoms with Crippen molar-refractivity contribution in [1.29, 1.82) is 0 Å². The van der Waals surface area contributed by atoms with Crippen LogP contribution in [0.5, 0.6) is 0 Å². The Kier molecular flexibility index (Phi) is 4.24. The fourth-order valence-electron chi connectivity index (χ4n) is 2.93. The van der Waals surface area contributed by atoms with Crippen LogP contribution in [0.15, 0.2) is 41.9 Å². The van der Waals surface area contributed by atoms with Crippen LogP contribution in [0.1, 0.15) is 11.1 Å². The van der Waals surface area contributed by atoms with Gasteiger partial charge in [0.15, 0.2) is 12.0 Å². The highest BCUT2D eigenvalue weighted by Crippen LogP contribution is 2.23. The molecule has 2 N–H and O–H groups in total. The van der Waals surface area contributed by atoms with Gasteiger partial charge in [-0.25, -0.2) is 9.79 Å². The first-order valence-corrected chi connectivity index (χ1v) is 7.83. The largest absolute Gasteiger partial charge is 0.333 e. The van der Waals surface area contributed by atoms with Crippen molar-refractivity contribution in [2.24, 2.45) is 4.99 Å². The first kappa shape index (κ1) is 16.0. The summed E-state index contributed by atoms with van der Waals surface area (Å²) in [6, 6.07) is 7.21. The first-order chi connectivity index (χ1) is 11.5. The van der Waals surface area contributed by atoms with Gasteiger partial charge in [0.25, 0.3) is 5.91 Å². The van der Waals surface area contributed by atoms with Crippen molar-refractivity contribution in [3.05, 3.63) is 48.0 Å². The normalized spacial score (nSPS) is 24.7. The van der Waals surface area contributed by atoms with E-state index < -0.39 is 18.2 Å². The number of rotatable bonds is 4. The van der Waals surface area contributed by atoms with Gasteiger partial charge in [0.1, 0.15) is 6.17 Å². The molecule has 0 aromatic heterocycles. The maximum atomic E-state index is 12.4. The van der Waals surface area contributed by atoms with E-state index in [-0.39, 0.29) is 5.91 Å². The number of guanidine groups is 1.